The summed E-state index contributed by atoms with van der Waals surface area (Å²) < 4.78 is 25.3. The zero-order valence-electron chi connectivity index (χ0n) is 14.9. The van der Waals surface area contributed by atoms with Gasteiger partial charge in [0.25, 0.3) is 0 Å². The summed E-state index contributed by atoms with van der Waals surface area (Å²) in [6, 6.07) is 14.4. The van der Waals surface area contributed by atoms with Crippen LogP contribution in [0.15, 0.2) is 67.0 Å². The Kier molecular flexibility index (Phi) is 4.63. The number of pyridine rings is 1. The van der Waals surface area contributed by atoms with E-state index in [0.29, 0.717) is 22.9 Å². The van der Waals surface area contributed by atoms with Crippen LogP contribution in [0.25, 0.3) is 11.0 Å². The number of nitrogens with one attached hydrogen (secondary N) is 2. The Morgan fingerprint density at radius 3 is 2.71 bits per heavy atom. The van der Waals surface area contributed by atoms with Crippen molar-refractivity contribution in [2.45, 2.75) is 6.92 Å². The molecule has 0 bridgehead atoms. The van der Waals surface area contributed by atoms with E-state index >= 15 is 0 Å². The first kappa shape index (κ1) is 17.5. The molecule has 28 heavy (non-hydrogen) atoms. The average molecular weight is 377 g/mol. The van der Waals surface area contributed by atoms with Gasteiger partial charge in [0.15, 0.2) is 5.82 Å². The molecular weight excluding hydrogens is 361 g/mol. The fourth-order valence-electron chi connectivity index (χ4n) is 2.79. The molecule has 0 radical (unpaired) electrons. The number of H-pyrrole nitrogens is 1. The third-order valence-electron chi connectivity index (χ3n) is 4.09. The molecule has 1 amide bonds. The van der Waals surface area contributed by atoms with Crippen LogP contribution in [-0.4, -0.2) is 16.1 Å². The van der Waals surface area contributed by atoms with Crippen molar-refractivity contribution in [1.29, 1.82) is 0 Å². The maximum absolute atomic E-state index is 14.4. The molecule has 0 unspecified atom stereocenters. The predicted octanol–water partition coefficient (Wildman–Crippen LogP) is 5.41. The number of anilines is 1. The molecule has 2 N–H and O–H groups in total. The highest BCUT2D eigenvalue weighted by Gasteiger charge is 2.12. The lowest BCUT2D eigenvalue weighted by molar-refractivity contribution is 0.215. The van der Waals surface area contributed by atoms with Crippen molar-refractivity contribution in [1.82, 2.24) is 9.97 Å². The Bertz CT molecular complexity index is 1140. The maximum Gasteiger partial charge on any atom is 0.417 e. The number of aryl methyl sites for hydroxylation is 1. The number of fused-ring (bicyclic) bond motifs is 1. The van der Waals surface area contributed by atoms with Gasteiger partial charge in [-0.15, -0.1) is 0 Å². The topological polar surface area (TPSA) is 76.2 Å². The van der Waals surface area contributed by atoms with Gasteiger partial charge in [-0.25, -0.2) is 14.2 Å². The number of benzene rings is 2. The molecule has 2 heterocycles. The molecule has 0 fully saturated rings. The number of hydrogen-bond donors (Lipinski definition) is 2. The average Bonchev–Trinajstić information content (AvgIpc) is 3.07. The second-order valence-corrected chi connectivity index (χ2v) is 6.08. The van der Waals surface area contributed by atoms with Crippen molar-refractivity contribution in [3.8, 4) is 17.2 Å². The third kappa shape index (κ3) is 3.64. The van der Waals surface area contributed by atoms with Crippen molar-refractivity contribution in [2.75, 3.05) is 5.32 Å². The van der Waals surface area contributed by atoms with Gasteiger partial charge in [0, 0.05) is 18.5 Å². The standard InChI is InChI=1S/C21H16FN3O3/c1-13-12-24-20-19(13)18(9-10-23-20)27-15-7-8-17(16(22)11-15)25-21(26)28-14-5-3-2-4-6-14/h2-12H,1H3,(H,23,24)(H,25,26). The summed E-state index contributed by atoms with van der Waals surface area (Å²) in [5.74, 6) is 0.586. The molecule has 0 aliphatic heterocycles. The van der Waals surface area contributed by atoms with Crippen LogP contribution in [0.5, 0.6) is 17.2 Å². The number of amides is 1. The lowest BCUT2D eigenvalue weighted by atomic mass is 10.2. The Hall–Kier alpha value is -3.87. The van der Waals surface area contributed by atoms with Crippen LogP contribution >= 0.6 is 0 Å². The molecule has 2 aromatic carbocycles. The summed E-state index contributed by atoms with van der Waals surface area (Å²) in [7, 11) is 0. The number of nitrogens with zero attached hydrogens (tertiary/aromatic N) is 1. The van der Waals surface area contributed by atoms with Gasteiger partial charge in [-0.05, 0) is 42.8 Å². The lowest BCUT2D eigenvalue weighted by Crippen LogP contribution is -2.17. The van der Waals surface area contributed by atoms with E-state index in [1.165, 1.54) is 12.1 Å². The zero-order chi connectivity index (χ0) is 19.5. The summed E-state index contributed by atoms with van der Waals surface area (Å²) >= 11 is 0. The van der Waals surface area contributed by atoms with E-state index in [0.717, 1.165) is 10.9 Å². The lowest BCUT2D eigenvalue weighted by Gasteiger charge is -2.10. The summed E-state index contributed by atoms with van der Waals surface area (Å²) in [5, 5.41) is 3.21. The molecule has 0 aliphatic carbocycles. The quantitative estimate of drug-likeness (QED) is 0.498. The number of rotatable bonds is 4. The van der Waals surface area contributed by atoms with Crippen LogP contribution in [0.4, 0.5) is 14.9 Å². The molecule has 0 saturated heterocycles. The van der Waals surface area contributed by atoms with Crippen molar-refractivity contribution >= 4 is 22.8 Å². The molecule has 0 saturated carbocycles. The fraction of sp³-hybridized carbons (Fsp3) is 0.0476. The fourth-order valence-corrected chi connectivity index (χ4v) is 2.79. The van der Waals surface area contributed by atoms with Crippen LogP contribution in [-0.2, 0) is 0 Å². The Morgan fingerprint density at radius 1 is 1.11 bits per heavy atom. The summed E-state index contributed by atoms with van der Waals surface area (Å²) in [6.45, 7) is 1.93. The van der Waals surface area contributed by atoms with Gasteiger partial charge >= 0.3 is 6.09 Å². The van der Waals surface area contributed by atoms with Crippen LogP contribution in [0, 0.1) is 12.7 Å². The van der Waals surface area contributed by atoms with E-state index in [9.17, 15) is 9.18 Å². The van der Waals surface area contributed by atoms with Crippen LogP contribution in [0.2, 0.25) is 0 Å². The van der Waals surface area contributed by atoms with Crippen molar-refractivity contribution in [3.63, 3.8) is 0 Å². The number of carbonyl (C=O) groups excluding carboxylic acids is 1. The second-order valence-electron chi connectivity index (χ2n) is 6.08. The number of ether oxygens (including phenoxy) is 2. The largest absolute Gasteiger partial charge is 0.456 e. The molecule has 4 rings (SSSR count). The van der Waals surface area contributed by atoms with E-state index in [4.69, 9.17) is 9.47 Å². The molecular formula is C21H16FN3O3. The summed E-state index contributed by atoms with van der Waals surface area (Å²) in [4.78, 5) is 19.2. The normalized spacial score (nSPS) is 10.6. The Morgan fingerprint density at radius 2 is 1.93 bits per heavy atom. The SMILES string of the molecule is Cc1c[nH]c2nccc(Oc3ccc(NC(=O)Oc4ccccc4)c(F)c3)c12. The molecule has 7 heteroatoms. The van der Waals surface area contributed by atoms with E-state index in [2.05, 4.69) is 15.3 Å². The number of carbonyl (C=O) groups is 1. The van der Waals surface area contributed by atoms with Crippen molar-refractivity contribution in [2.24, 2.45) is 0 Å². The molecule has 0 aliphatic rings. The first-order chi connectivity index (χ1) is 13.6. The number of aromatic amines is 1. The Balaban J connectivity index is 1.50. The number of hydrogen-bond acceptors (Lipinski definition) is 4. The second kappa shape index (κ2) is 7.40. The van der Waals surface area contributed by atoms with E-state index < -0.39 is 11.9 Å². The highest BCUT2D eigenvalue weighted by molar-refractivity contribution is 5.87. The molecule has 4 aromatic rings. The predicted molar refractivity (Wildman–Crippen MR) is 103 cm³/mol. The Labute approximate surface area is 159 Å². The van der Waals surface area contributed by atoms with Gasteiger partial charge < -0.3 is 14.5 Å². The van der Waals surface area contributed by atoms with Gasteiger partial charge in [-0.3, -0.25) is 5.32 Å². The summed E-state index contributed by atoms with van der Waals surface area (Å²) in [5.41, 5.74) is 1.66. The van der Waals surface area contributed by atoms with Gasteiger partial charge in [0.1, 0.15) is 22.9 Å². The highest BCUT2D eigenvalue weighted by Crippen LogP contribution is 2.32. The minimum Gasteiger partial charge on any atom is -0.456 e. The minimum atomic E-state index is -0.780. The molecule has 0 atom stereocenters. The van der Waals surface area contributed by atoms with E-state index in [-0.39, 0.29) is 5.69 Å². The van der Waals surface area contributed by atoms with Gasteiger partial charge in [0.2, 0.25) is 0 Å². The van der Waals surface area contributed by atoms with Gasteiger partial charge in [-0.1, -0.05) is 18.2 Å². The van der Waals surface area contributed by atoms with Crippen LogP contribution in [0.1, 0.15) is 5.56 Å². The first-order valence-electron chi connectivity index (χ1n) is 8.54. The molecule has 2 aromatic heterocycles. The van der Waals surface area contributed by atoms with E-state index in [1.807, 2.05) is 13.1 Å². The monoisotopic (exact) mass is 377 g/mol. The van der Waals surface area contributed by atoms with Crippen LogP contribution in [0.3, 0.4) is 0 Å². The molecule has 140 valence electrons. The number of halogens is 1. The third-order valence-corrected chi connectivity index (χ3v) is 4.09. The minimum absolute atomic E-state index is 0.00835. The maximum atomic E-state index is 14.4. The van der Waals surface area contributed by atoms with Gasteiger partial charge in [0.05, 0.1) is 11.1 Å². The van der Waals surface area contributed by atoms with E-state index in [1.54, 1.807) is 48.7 Å². The molecule has 0 spiro atoms. The van der Waals surface area contributed by atoms with Crippen LogP contribution < -0.4 is 14.8 Å². The van der Waals surface area contributed by atoms with Crippen molar-refractivity contribution < 1.29 is 18.7 Å². The van der Waals surface area contributed by atoms with Crippen molar-refractivity contribution in [3.05, 3.63) is 78.4 Å². The highest BCUT2D eigenvalue weighted by atomic mass is 19.1. The summed E-state index contributed by atoms with van der Waals surface area (Å²) in [6.07, 6.45) is 2.66. The first-order valence-corrected chi connectivity index (χ1v) is 8.54. The smallest absolute Gasteiger partial charge is 0.417 e. The van der Waals surface area contributed by atoms with Gasteiger partial charge in [-0.2, -0.15) is 0 Å². The zero-order valence-corrected chi connectivity index (χ0v) is 14.9. The molecule has 6 nitrogen and oxygen atoms in total. The number of para-hydroxylation sites is 1. The number of aromatic nitrogens is 2.